The van der Waals surface area contributed by atoms with E-state index in [0.29, 0.717) is 11.6 Å². The van der Waals surface area contributed by atoms with Crippen molar-refractivity contribution in [3.8, 4) is 11.6 Å². The second kappa shape index (κ2) is 5.40. The number of hydrogen-bond donors (Lipinski definition) is 1. The minimum Gasteiger partial charge on any atom is -0.478 e. The summed E-state index contributed by atoms with van der Waals surface area (Å²) in [5.74, 6) is -0.290. The van der Waals surface area contributed by atoms with E-state index in [1.54, 1.807) is 25.3 Å². The maximum absolute atomic E-state index is 11.2. The second-order valence-corrected chi connectivity index (χ2v) is 5.05. The maximum Gasteiger partial charge on any atom is 0.339 e. The molecule has 5 heteroatoms. The number of ether oxygens (including phenoxy) is 1. The topological polar surface area (TPSA) is 59.4 Å². The molecule has 0 unspecified atom stereocenters. The van der Waals surface area contributed by atoms with Gasteiger partial charge in [0.2, 0.25) is 5.88 Å². The van der Waals surface area contributed by atoms with Gasteiger partial charge in [-0.25, -0.2) is 9.78 Å². The molecule has 1 aromatic heterocycles. The number of nitrogens with zero attached hydrogens (tertiary/aromatic N) is 1. The molecule has 0 fully saturated rings. The molecule has 0 bridgehead atoms. The van der Waals surface area contributed by atoms with E-state index in [2.05, 4.69) is 20.9 Å². The van der Waals surface area contributed by atoms with Crippen LogP contribution in [0.5, 0.6) is 11.6 Å². The van der Waals surface area contributed by atoms with Crippen molar-refractivity contribution in [3.63, 3.8) is 0 Å². The highest BCUT2D eigenvalue weighted by Gasteiger charge is 2.15. The van der Waals surface area contributed by atoms with Crippen molar-refractivity contribution in [3.05, 3.63) is 51.6 Å². The van der Waals surface area contributed by atoms with Crippen LogP contribution < -0.4 is 4.74 Å². The predicted molar refractivity (Wildman–Crippen MR) is 74.9 cm³/mol. The fourth-order valence-electron chi connectivity index (χ4n) is 1.69. The number of hydrogen-bond acceptors (Lipinski definition) is 3. The number of carboxylic acid groups (broad SMARTS) is 1. The first-order chi connectivity index (χ1) is 8.99. The molecular formula is C14H12BrNO3. The highest BCUT2D eigenvalue weighted by atomic mass is 79.9. The predicted octanol–water partition coefficient (Wildman–Crippen LogP) is 3.95. The van der Waals surface area contributed by atoms with E-state index >= 15 is 0 Å². The number of rotatable bonds is 3. The average molecular weight is 322 g/mol. The molecule has 0 amide bonds. The van der Waals surface area contributed by atoms with Crippen molar-refractivity contribution >= 4 is 21.9 Å². The van der Waals surface area contributed by atoms with Gasteiger partial charge in [0.1, 0.15) is 11.3 Å². The first kappa shape index (κ1) is 13.5. The van der Waals surface area contributed by atoms with Gasteiger partial charge >= 0.3 is 5.97 Å². The second-order valence-electron chi connectivity index (χ2n) is 4.13. The molecule has 0 spiro atoms. The van der Waals surface area contributed by atoms with Gasteiger partial charge in [-0.05, 0) is 47.5 Å². The minimum atomic E-state index is -1.02. The lowest BCUT2D eigenvalue weighted by atomic mass is 10.1. The normalized spacial score (nSPS) is 10.3. The summed E-state index contributed by atoms with van der Waals surface area (Å²) < 4.78 is 6.52. The SMILES string of the molecule is Cc1cc(Br)cnc1Oc1c(C)cccc1C(=O)O. The third-order valence-electron chi connectivity index (χ3n) is 2.64. The summed E-state index contributed by atoms with van der Waals surface area (Å²) in [6.07, 6.45) is 1.61. The molecular weight excluding hydrogens is 310 g/mol. The van der Waals surface area contributed by atoms with Gasteiger partial charge in [-0.15, -0.1) is 0 Å². The van der Waals surface area contributed by atoms with Crippen LogP contribution in [0.4, 0.5) is 0 Å². The Morgan fingerprint density at radius 3 is 2.68 bits per heavy atom. The number of carbonyl (C=O) groups is 1. The number of benzene rings is 1. The van der Waals surface area contributed by atoms with E-state index in [9.17, 15) is 9.90 Å². The van der Waals surface area contributed by atoms with Crippen molar-refractivity contribution < 1.29 is 14.6 Å². The molecule has 0 aliphatic rings. The van der Waals surface area contributed by atoms with Gasteiger partial charge in [-0.2, -0.15) is 0 Å². The van der Waals surface area contributed by atoms with Crippen molar-refractivity contribution in [1.82, 2.24) is 4.98 Å². The lowest BCUT2D eigenvalue weighted by Crippen LogP contribution is -2.02. The number of halogens is 1. The Morgan fingerprint density at radius 2 is 2.05 bits per heavy atom. The Bertz CT molecular complexity index is 641. The molecule has 2 rings (SSSR count). The summed E-state index contributed by atoms with van der Waals surface area (Å²) >= 11 is 3.32. The van der Waals surface area contributed by atoms with Crippen LogP contribution in [0.1, 0.15) is 21.5 Å². The van der Waals surface area contributed by atoms with Gasteiger partial charge in [0.15, 0.2) is 0 Å². The summed E-state index contributed by atoms with van der Waals surface area (Å²) in [5, 5.41) is 9.17. The third-order valence-corrected chi connectivity index (χ3v) is 3.07. The molecule has 0 atom stereocenters. The fraction of sp³-hybridized carbons (Fsp3) is 0.143. The van der Waals surface area contributed by atoms with Crippen LogP contribution in [0.25, 0.3) is 0 Å². The quantitative estimate of drug-likeness (QED) is 0.929. The molecule has 0 aliphatic carbocycles. The molecule has 2 aromatic rings. The summed E-state index contributed by atoms with van der Waals surface area (Å²) in [6.45, 7) is 3.65. The molecule has 98 valence electrons. The Balaban J connectivity index is 2.46. The standard InChI is InChI=1S/C14H12BrNO3/c1-8-4-3-5-11(14(17)18)12(8)19-13-9(2)6-10(15)7-16-13/h3-7H,1-2H3,(H,17,18). The number of aromatic carboxylic acids is 1. The van der Waals surface area contributed by atoms with Crippen LogP contribution in [-0.4, -0.2) is 16.1 Å². The number of para-hydroxylation sites is 1. The van der Waals surface area contributed by atoms with E-state index in [4.69, 9.17) is 4.74 Å². The van der Waals surface area contributed by atoms with Crippen LogP contribution in [0.3, 0.4) is 0 Å². The minimum absolute atomic E-state index is 0.129. The van der Waals surface area contributed by atoms with Gasteiger partial charge in [-0.1, -0.05) is 12.1 Å². The number of carboxylic acids is 1. The first-order valence-corrected chi connectivity index (χ1v) is 6.41. The van der Waals surface area contributed by atoms with Crippen molar-refractivity contribution in [2.24, 2.45) is 0 Å². The van der Waals surface area contributed by atoms with Crippen molar-refractivity contribution in [2.75, 3.05) is 0 Å². The summed E-state index contributed by atoms with van der Waals surface area (Å²) in [7, 11) is 0. The maximum atomic E-state index is 11.2. The molecule has 0 radical (unpaired) electrons. The van der Waals surface area contributed by atoms with Crippen LogP contribution in [0, 0.1) is 13.8 Å². The lowest BCUT2D eigenvalue weighted by Gasteiger charge is -2.12. The Labute approximate surface area is 119 Å². The van der Waals surface area contributed by atoms with Crippen molar-refractivity contribution in [1.29, 1.82) is 0 Å². The monoisotopic (exact) mass is 321 g/mol. The van der Waals surface area contributed by atoms with E-state index in [1.807, 2.05) is 13.0 Å². The average Bonchev–Trinajstić information content (AvgIpc) is 2.34. The van der Waals surface area contributed by atoms with Crippen LogP contribution in [0.15, 0.2) is 34.9 Å². The van der Waals surface area contributed by atoms with Gasteiger partial charge in [0.05, 0.1) is 0 Å². The van der Waals surface area contributed by atoms with Gasteiger partial charge in [0, 0.05) is 16.2 Å². The highest BCUT2D eigenvalue weighted by Crippen LogP contribution is 2.30. The first-order valence-electron chi connectivity index (χ1n) is 5.62. The van der Waals surface area contributed by atoms with Crippen LogP contribution >= 0.6 is 15.9 Å². The number of pyridine rings is 1. The Hall–Kier alpha value is -1.88. The molecule has 0 saturated heterocycles. The van der Waals surface area contributed by atoms with Crippen molar-refractivity contribution in [2.45, 2.75) is 13.8 Å². The van der Waals surface area contributed by atoms with Gasteiger partial charge < -0.3 is 9.84 Å². The van der Waals surface area contributed by atoms with E-state index in [0.717, 1.165) is 15.6 Å². The van der Waals surface area contributed by atoms with E-state index < -0.39 is 5.97 Å². The summed E-state index contributed by atoms with van der Waals surface area (Å²) in [5.41, 5.74) is 1.71. The number of aromatic nitrogens is 1. The lowest BCUT2D eigenvalue weighted by molar-refractivity contribution is 0.0694. The molecule has 19 heavy (non-hydrogen) atoms. The molecule has 1 N–H and O–H groups in total. The van der Waals surface area contributed by atoms with Gasteiger partial charge in [0.25, 0.3) is 0 Å². The molecule has 1 heterocycles. The van der Waals surface area contributed by atoms with E-state index in [1.165, 1.54) is 6.07 Å². The summed E-state index contributed by atoms with van der Waals surface area (Å²) in [6, 6.07) is 6.86. The zero-order chi connectivity index (χ0) is 14.0. The Morgan fingerprint density at radius 1 is 1.32 bits per heavy atom. The smallest absolute Gasteiger partial charge is 0.339 e. The highest BCUT2D eigenvalue weighted by molar-refractivity contribution is 9.10. The van der Waals surface area contributed by atoms with Crippen LogP contribution in [-0.2, 0) is 0 Å². The zero-order valence-electron chi connectivity index (χ0n) is 10.5. The molecule has 0 aliphatic heterocycles. The van der Waals surface area contributed by atoms with Crippen LogP contribution in [0.2, 0.25) is 0 Å². The molecule has 1 aromatic carbocycles. The third kappa shape index (κ3) is 2.93. The van der Waals surface area contributed by atoms with E-state index in [-0.39, 0.29) is 5.56 Å². The molecule has 0 saturated carbocycles. The number of aryl methyl sites for hydroxylation is 2. The molecule has 4 nitrogen and oxygen atoms in total. The summed E-state index contributed by atoms with van der Waals surface area (Å²) in [4.78, 5) is 15.3. The zero-order valence-corrected chi connectivity index (χ0v) is 12.1. The van der Waals surface area contributed by atoms with Gasteiger partial charge in [-0.3, -0.25) is 0 Å². The fourth-order valence-corrected chi connectivity index (χ4v) is 2.13. The largest absolute Gasteiger partial charge is 0.478 e. The Kier molecular flexibility index (Phi) is 3.85.